The maximum absolute atomic E-state index is 13.5. The zero-order valence-corrected chi connectivity index (χ0v) is 20.1. The minimum Gasteiger partial charge on any atom is -0.495 e. The highest BCUT2D eigenvalue weighted by atomic mass is 32.2. The van der Waals surface area contributed by atoms with Crippen molar-refractivity contribution in [1.29, 1.82) is 0 Å². The number of amides is 1. The first-order valence-corrected chi connectivity index (χ1v) is 13.1. The Hall–Kier alpha value is -2.92. The molecule has 5 rings (SSSR count). The summed E-state index contributed by atoms with van der Waals surface area (Å²) in [7, 11) is -0.302. The van der Waals surface area contributed by atoms with Gasteiger partial charge < -0.3 is 14.8 Å². The lowest BCUT2D eigenvalue weighted by atomic mass is 9.92. The zero-order valence-electron chi connectivity index (χ0n) is 19.3. The van der Waals surface area contributed by atoms with Crippen LogP contribution in [-0.2, 0) is 26.4 Å². The van der Waals surface area contributed by atoms with E-state index >= 15 is 0 Å². The summed E-state index contributed by atoms with van der Waals surface area (Å²) in [5.41, 5.74) is 0.591. The molecule has 190 valence electrons. The molecule has 1 amide bonds. The van der Waals surface area contributed by atoms with Crippen LogP contribution in [0, 0.1) is 5.92 Å². The molecule has 1 aliphatic heterocycles. The second-order valence-electron chi connectivity index (χ2n) is 9.03. The molecule has 1 atom stereocenters. The number of hydrogen-bond donors (Lipinski definition) is 1. The van der Waals surface area contributed by atoms with E-state index < -0.39 is 15.9 Å². The number of sulfone groups is 1. The van der Waals surface area contributed by atoms with Crippen molar-refractivity contribution in [2.24, 2.45) is 13.0 Å². The Morgan fingerprint density at radius 2 is 1.97 bits per heavy atom. The largest absolute Gasteiger partial charge is 0.495 e. The highest BCUT2D eigenvalue weighted by Crippen LogP contribution is 2.42. The van der Waals surface area contributed by atoms with Gasteiger partial charge >= 0.3 is 0 Å². The van der Waals surface area contributed by atoms with Crippen molar-refractivity contribution in [2.45, 2.75) is 55.7 Å². The molecule has 2 fully saturated rings. The third kappa shape index (κ3) is 4.92. The SMILES string of the molecule is C.COc1ccc2c(cnn2[C@H](CC2CCOCC2)C(=O)Nc2ccn(C)n2)c1S(=O)(=O)C1CC1. The average molecular weight is 504 g/mol. The Morgan fingerprint density at radius 1 is 1.23 bits per heavy atom. The predicted molar refractivity (Wildman–Crippen MR) is 132 cm³/mol. The summed E-state index contributed by atoms with van der Waals surface area (Å²) in [5, 5.41) is 11.8. The van der Waals surface area contributed by atoms with Crippen molar-refractivity contribution in [3.05, 3.63) is 30.6 Å². The molecular formula is C24H33N5O5S. The molecule has 3 aromatic rings. The van der Waals surface area contributed by atoms with E-state index in [1.807, 2.05) is 0 Å². The van der Waals surface area contributed by atoms with Crippen LogP contribution in [-0.4, -0.2) is 59.5 Å². The molecule has 11 heteroatoms. The van der Waals surface area contributed by atoms with Crippen LogP contribution in [0.1, 0.15) is 45.6 Å². The van der Waals surface area contributed by atoms with Crippen LogP contribution < -0.4 is 10.1 Å². The average Bonchev–Trinajstić information content (AvgIpc) is 3.51. The number of rotatable bonds is 8. The molecule has 2 aromatic heterocycles. The molecule has 0 bridgehead atoms. The fourth-order valence-corrected chi connectivity index (χ4v) is 6.62. The Labute approximate surface area is 205 Å². The summed E-state index contributed by atoms with van der Waals surface area (Å²) in [4.78, 5) is 13.6. The summed E-state index contributed by atoms with van der Waals surface area (Å²) < 4.78 is 40.7. The third-order valence-electron chi connectivity index (χ3n) is 6.62. The molecule has 1 aliphatic carbocycles. The molecule has 35 heavy (non-hydrogen) atoms. The van der Waals surface area contributed by atoms with Crippen LogP contribution in [0.25, 0.3) is 10.9 Å². The molecule has 0 radical (unpaired) electrons. The summed E-state index contributed by atoms with van der Waals surface area (Å²) >= 11 is 0. The Balaban J connectivity index is 0.00000289. The van der Waals surface area contributed by atoms with Crippen LogP contribution in [0.5, 0.6) is 5.75 Å². The molecule has 0 spiro atoms. The van der Waals surface area contributed by atoms with Gasteiger partial charge in [0, 0.05) is 37.9 Å². The molecule has 1 saturated heterocycles. The maximum atomic E-state index is 13.5. The normalized spacial score (nSPS) is 17.7. The van der Waals surface area contributed by atoms with E-state index in [1.54, 1.807) is 40.8 Å². The number of aryl methyl sites for hydroxylation is 1. The number of methoxy groups -OCH3 is 1. The van der Waals surface area contributed by atoms with Gasteiger partial charge in [-0.25, -0.2) is 8.42 Å². The summed E-state index contributed by atoms with van der Waals surface area (Å²) in [6.07, 6.45) is 6.88. The first-order chi connectivity index (χ1) is 16.4. The second kappa shape index (κ2) is 9.98. The van der Waals surface area contributed by atoms with Gasteiger partial charge in [0.05, 0.1) is 24.1 Å². The summed E-state index contributed by atoms with van der Waals surface area (Å²) in [5.74, 6) is 0.815. The first-order valence-electron chi connectivity index (χ1n) is 11.5. The number of benzene rings is 1. The van der Waals surface area contributed by atoms with Crippen molar-refractivity contribution >= 4 is 32.5 Å². The summed E-state index contributed by atoms with van der Waals surface area (Å²) in [6, 6.07) is 4.53. The quantitative estimate of drug-likeness (QED) is 0.501. The van der Waals surface area contributed by atoms with Crippen LogP contribution in [0.15, 0.2) is 35.5 Å². The van der Waals surface area contributed by atoms with Gasteiger partial charge in [-0.2, -0.15) is 10.2 Å². The van der Waals surface area contributed by atoms with Crippen molar-refractivity contribution in [1.82, 2.24) is 19.6 Å². The minimum absolute atomic E-state index is 0. The number of fused-ring (bicyclic) bond motifs is 1. The number of carbonyl (C=O) groups excluding carboxylic acids is 1. The van der Waals surface area contributed by atoms with E-state index in [4.69, 9.17) is 9.47 Å². The van der Waals surface area contributed by atoms with Crippen molar-refractivity contribution in [3.8, 4) is 5.75 Å². The highest BCUT2D eigenvalue weighted by molar-refractivity contribution is 7.92. The van der Waals surface area contributed by atoms with Gasteiger partial charge in [-0.3, -0.25) is 14.2 Å². The van der Waals surface area contributed by atoms with Gasteiger partial charge in [-0.15, -0.1) is 0 Å². The van der Waals surface area contributed by atoms with Crippen LogP contribution in [0.2, 0.25) is 0 Å². The van der Waals surface area contributed by atoms with Gasteiger partial charge in [-0.1, -0.05) is 7.43 Å². The molecule has 10 nitrogen and oxygen atoms in total. The number of nitrogens with one attached hydrogen (secondary N) is 1. The summed E-state index contributed by atoms with van der Waals surface area (Å²) in [6.45, 7) is 1.33. The predicted octanol–water partition coefficient (Wildman–Crippen LogP) is 3.35. The van der Waals surface area contributed by atoms with Gasteiger partial charge in [-0.05, 0) is 50.2 Å². The molecular weight excluding hydrogens is 470 g/mol. The number of ether oxygens (including phenoxy) is 2. The lowest BCUT2D eigenvalue weighted by Crippen LogP contribution is -2.30. The Bertz CT molecular complexity index is 1310. The van der Waals surface area contributed by atoms with E-state index in [0.29, 0.717) is 60.9 Å². The first kappa shape index (κ1) is 25.2. The number of anilines is 1. The molecule has 1 N–H and O–H groups in total. The van der Waals surface area contributed by atoms with E-state index in [9.17, 15) is 13.2 Å². The van der Waals surface area contributed by atoms with Crippen molar-refractivity contribution < 1.29 is 22.7 Å². The zero-order chi connectivity index (χ0) is 23.9. The van der Waals surface area contributed by atoms with Gasteiger partial charge in [0.1, 0.15) is 16.7 Å². The van der Waals surface area contributed by atoms with Crippen molar-refractivity contribution in [3.63, 3.8) is 0 Å². The van der Waals surface area contributed by atoms with Crippen molar-refractivity contribution in [2.75, 3.05) is 25.6 Å². The highest BCUT2D eigenvalue weighted by Gasteiger charge is 2.40. The van der Waals surface area contributed by atoms with Gasteiger partial charge in [0.25, 0.3) is 0 Å². The number of carbonyl (C=O) groups is 1. The lowest BCUT2D eigenvalue weighted by molar-refractivity contribution is -0.120. The van der Waals surface area contributed by atoms with Crippen LogP contribution >= 0.6 is 0 Å². The topological polar surface area (TPSA) is 117 Å². The Morgan fingerprint density at radius 3 is 2.60 bits per heavy atom. The lowest BCUT2D eigenvalue weighted by Gasteiger charge is -2.26. The molecule has 3 heterocycles. The molecule has 1 saturated carbocycles. The minimum atomic E-state index is -3.55. The van der Waals surface area contributed by atoms with E-state index in [2.05, 4.69) is 15.5 Å². The number of nitrogens with zero attached hydrogens (tertiary/aromatic N) is 4. The van der Waals surface area contributed by atoms with E-state index in [0.717, 1.165) is 12.8 Å². The Kier molecular flexibility index (Phi) is 7.18. The third-order valence-corrected chi connectivity index (χ3v) is 8.96. The monoisotopic (exact) mass is 503 g/mol. The number of hydrogen-bond acceptors (Lipinski definition) is 7. The molecule has 0 unspecified atom stereocenters. The fraction of sp³-hybridized carbons (Fsp3) is 0.542. The van der Waals surface area contributed by atoms with Gasteiger partial charge in [0.2, 0.25) is 5.91 Å². The number of aromatic nitrogens is 4. The van der Waals surface area contributed by atoms with Crippen LogP contribution in [0.4, 0.5) is 5.82 Å². The fourth-order valence-electron chi connectivity index (χ4n) is 4.63. The molecule has 2 aliphatic rings. The van der Waals surface area contributed by atoms with E-state index in [1.165, 1.54) is 13.3 Å². The second-order valence-corrected chi connectivity index (χ2v) is 11.2. The standard InChI is InChI=1S/C23H29N5O5S.CH4/c1-27-10-7-21(26-27)25-23(29)19(13-15-8-11-33-12-9-15)28-18-5-6-20(32-2)22(17(18)14-24-28)34(30,31)16-3-4-16;/h5-7,10,14-16,19H,3-4,8-9,11-13H2,1-2H3,(H,25,26,29);1H4/t19-;/m1./s1. The van der Waals surface area contributed by atoms with Gasteiger partial charge in [0.15, 0.2) is 15.7 Å². The smallest absolute Gasteiger partial charge is 0.250 e. The molecule has 1 aromatic carbocycles. The maximum Gasteiger partial charge on any atom is 0.250 e. The van der Waals surface area contributed by atoms with E-state index in [-0.39, 0.29) is 23.5 Å². The van der Waals surface area contributed by atoms with Crippen LogP contribution in [0.3, 0.4) is 0 Å².